The van der Waals surface area contributed by atoms with E-state index in [2.05, 4.69) is 10.3 Å². The minimum Gasteiger partial charge on any atom is -0.466 e. The van der Waals surface area contributed by atoms with Crippen LogP contribution in [0.25, 0.3) is 5.69 Å². The van der Waals surface area contributed by atoms with Crippen LogP contribution < -0.4 is 0 Å². The summed E-state index contributed by atoms with van der Waals surface area (Å²) >= 11 is 0. The Kier molecular flexibility index (Phi) is 5.42. The van der Waals surface area contributed by atoms with Crippen LogP contribution >= 0.6 is 0 Å². The van der Waals surface area contributed by atoms with E-state index in [1.54, 1.807) is 22.7 Å². The first-order valence-electron chi connectivity index (χ1n) is 8.60. The first kappa shape index (κ1) is 17.1. The second-order valence-electron chi connectivity index (χ2n) is 6.13. The van der Waals surface area contributed by atoms with E-state index in [0.717, 1.165) is 18.5 Å². The number of esters is 1. The van der Waals surface area contributed by atoms with Gasteiger partial charge in [0.15, 0.2) is 5.69 Å². The molecule has 1 aliphatic rings. The van der Waals surface area contributed by atoms with Crippen LogP contribution in [0, 0.1) is 5.92 Å². The summed E-state index contributed by atoms with van der Waals surface area (Å²) in [7, 11) is 0. The van der Waals surface area contributed by atoms with E-state index in [1.165, 1.54) is 0 Å². The molecule has 7 nitrogen and oxygen atoms in total. The van der Waals surface area contributed by atoms with Crippen LogP contribution in [0.15, 0.2) is 36.5 Å². The minimum absolute atomic E-state index is 0.194. The fraction of sp³-hybridized carbons (Fsp3) is 0.444. The van der Waals surface area contributed by atoms with Gasteiger partial charge >= 0.3 is 5.97 Å². The molecular formula is C18H22N4O3. The molecule has 0 spiro atoms. The van der Waals surface area contributed by atoms with E-state index in [1.807, 2.05) is 30.3 Å². The first-order chi connectivity index (χ1) is 12.2. The molecule has 0 bridgehead atoms. The number of para-hydroxylation sites is 1. The van der Waals surface area contributed by atoms with E-state index in [0.29, 0.717) is 25.6 Å². The summed E-state index contributed by atoms with van der Waals surface area (Å²) in [6.07, 6.45) is 4.07. The summed E-state index contributed by atoms with van der Waals surface area (Å²) in [5.41, 5.74) is 1.13. The Bertz CT molecular complexity index is 725. The predicted octanol–water partition coefficient (Wildman–Crippen LogP) is 2.07. The molecule has 1 aliphatic carbocycles. The van der Waals surface area contributed by atoms with Crippen molar-refractivity contribution in [3.05, 3.63) is 42.2 Å². The molecule has 0 aliphatic heterocycles. The van der Waals surface area contributed by atoms with E-state index >= 15 is 0 Å². The van der Waals surface area contributed by atoms with Crippen LogP contribution in [0.4, 0.5) is 0 Å². The molecule has 0 radical (unpaired) electrons. The summed E-state index contributed by atoms with van der Waals surface area (Å²) in [6.45, 7) is 3.11. The van der Waals surface area contributed by atoms with Crippen LogP contribution in [0.5, 0.6) is 0 Å². The molecule has 0 atom stereocenters. The van der Waals surface area contributed by atoms with Gasteiger partial charge in [0, 0.05) is 13.1 Å². The molecule has 25 heavy (non-hydrogen) atoms. The van der Waals surface area contributed by atoms with Gasteiger partial charge in [0.1, 0.15) is 0 Å². The molecule has 2 aromatic rings. The number of hydrogen-bond donors (Lipinski definition) is 0. The molecule has 1 aromatic carbocycles. The summed E-state index contributed by atoms with van der Waals surface area (Å²) < 4.78 is 6.53. The zero-order valence-electron chi connectivity index (χ0n) is 14.3. The first-order valence-corrected chi connectivity index (χ1v) is 8.60. The van der Waals surface area contributed by atoms with Gasteiger partial charge in [0.05, 0.1) is 24.9 Å². The fourth-order valence-corrected chi connectivity index (χ4v) is 2.58. The largest absolute Gasteiger partial charge is 0.466 e. The molecule has 0 saturated heterocycles. The third-order valence-corrected chi connectivity index (χ3v) is 4.09. The normalized spacial score (nSPS) is 13.5. The highest BCUT2D eigenvalue weighted by Crippen LogP contribution is 2.30. The summed E-state index contributed by atoms with van der Waals surface area (Å²) in [5, 5.41) is 8.05. The molecule has 0 unspecified atom stereocenters. The number of aromatic nitrogens is 3. The van der Waals surface area contributed by atoms with E-state index in [9.17, 15) is 9.59 Å². The minimum atomic E-state index is -0.288. The lowest BCUT2D eigenvalue weighted by Gasteiger charge is -2.21. The van der Waals surface area contributed by atoms with Gasteiger partial charge in [0.2, 0.25) is 0 Å². The maximum absolute atomic E-state index is 12.8. The zero-order chi connectivity index (χ0) is 17.6. The highest BCUT2D eigenvalue weighted by atomic mass is 16.5. The predicted molar refractivity (Wildman–Crippen MR) is 91.2 cm³/mol. The Labute approximate surface area is 146 Å². The third-order valence-electron chi connectivity index (χ3n) is 4.09. The van der Waals surface area contributed by atoms with Crippen molar-refractivity contribution >= 4 is 11.9 Å². The van der Waals surface area contributed by atoms with Crippen molar-refractivity contribution < 1.29 is 14.3 Å². The Hall–Kier alpha value is -2.70. The van der Waals surface area contributed by atoms with Crippen molar-refractivity contribution in [2.75, 3.05) is 19.7 Å². The fourth-order valence-electron chi connectivity index (χ4n) is 2.58. The maximum atomic E-state index is 12.8. The molecule has 1 fully saturated rings. The number of carbonyl (C=O) groups is 2. The smallest absolute Gasteiger partial charge is 0.307 e. The van der Waals surface area contributed by atoms with Crippen molar-refractivity contribution in [3.8, 4) is 5.69 Å². The van der Waals surface area contributed by atoms with Gasteiger partial charge in [-0.05, 0) is 37.8 Å². The van der Waals surface area contributed by atoms with Crippen molar-refractivity contribution in [2.45, 2.75) is 26.2 Å². The van der Waals surface area contributed by atoms with Gasteiger partial charge in [0.25, 0.3) is 5.91 Å². The van der Waals surface area contributed by atoms with E-state index < -0.39 is 0 Å². The number of benzene rings is 1. The Balaban J connectivity index is 1.68. The molecule has 132 valence electrons. The number of ether oxygens (including phenoxy) is 1. The Morgan fingerprint density at radius 2 is 2.04 bits per heavy atom. The van der Waals surface area contributed by atoms with Crippen LogP contribution in [-0.4, -0.2) is 51.5 Å². The Morgan fingerprint density at radius 1 is 1.28 bits per heavy atom. The summed E-state index contributed by atoms with van der Waals surface area (Å²) in [5.74, 6) is 0.0396. The van der Waals surface area contributed by atoms with Gasteiger partial charge in [-0.25, -0.2) is 4.68 Å². The molecule has 1 saturated carbocycles. The van der Waals surface area contributed by atoms with E-state index in [4.69, 9.17) is 4.74 Å². The third kappa shape index (κ3) is 4.65. The van der Waals surface area contributed by atoms with Crippen LogP contribution in [-0.2, 0) is 9.53 Å². The summed E-state index contributed by atoms with van der Waals surface area (Å²) in [6, 6.07) is 9.51. The molecule has 1 amide bonds. The van der Waals surface area contributed by atoms with Crippen molar-refractivity contribution in [3.63, 3.8) is 0 Å². The number of amides is 1. The van der Waals surface area contributed by atoms with Crippen molar-refractivity contribution in [1.82, 2.24) is 19.9 Å². The lowest BCUT2D eigenvalue weighted by Crippen LogP contribution is -2.35. The standard InChI is InChI=1S/C18H22N4O3/c1-2-25-17(23)10-11-21(12-14-8-9-14)18(24)16-13-22(20-19-16)15-6-4-3-5-7-15/h3-7,13-14H,2,8-12H2,1H3. The Morgan fingerprint density at radius 3 is 2.72 bits per heavy atom. The quantitative estimate of drug-likeness (QED) is 0.686. The van der Waals surface area contributed by atoms with Crippen LogP contribution in [0.1, 0.15) is 36.7 Å². The summed E-state index contributed by atoms with van der Waals surface area (Å²) in [4.78, 5) is 26.1. The van der Waals surface area contributed by atoms with Gasteiger partial charge in [-0.2, -0.15) is 0 Å². The van der Waals surface area contributed by atoms with Gasteiger partial charge in [-0.3, -0.25) is 9.59 Å². The molecule has 3 rings (SSSR count). The van der Waals surface area contributed by atoms with Crippen LogP contribution in [0.3, 0.4) is 0 Å². The zero-order valence-corrected chi connectivity index (χ0v) is 14.3. The number of rotatable bonds is 8. The topological polar surface area (TPSA) is 77.3 Å². The van der Waals surface area contributed by atoms with Gasteiger partial charge in [-0.15, -0.1) is 5.10 Å². The average molecular weight is 342 g/mol. The highest BCUT2D eigenvalue weighted by Gasteiger charge is 2.28. The molecular weight excluding hydrogens is 320 g/mol. The lowest BCUT2D eigenvalue weighted by molar-refractivity contribution is -0.143. The molecule has 0 N–H and O–H groups in total. The number of nitrogens with zero attached hydrogens (tertiary/aromatic N) is 4. The van der Waals surface area contributed by atoms with Gasteiger partial charge < -0.3 is 9.64 Å². The molecule has 1 aromatic heterocycles. The molecule has 1 heterocycles. The van der Waals surface area contributed by atoms with Gasteiger partial charge in [-0.1, -0.05) is 23.4 Å². The lowest BCUT2D eigenvalue weighted by atomic mass is 10.3. The van der Waals surface area contributed by atoms with Crippen molar-refractivity contribution in [1.29, 1.82) is 0 Å². The highest BCUT2D eigenvalue weighted by molar-refractivity contribution is 5.92. The SMILES string of the molecule is CCOC(=O)CCN(CC1CC1)C(=O)c1cn(-c2ccccc2)nn1. The monoisotopic (exact) mass is 342 g/mol. The van der Waals surface area contributed by atoms with Crippen LogP contribution in [0.2, 0.25) is 0 Å². The van der Waals surface area contributed by atoms with Crippen molar-refractivity contribution in [2.24, 2.45) is 5.92 Å². The molecule has 7 heteroatoms. The van der Waals surface area contributed by atoms with E-state index in [-0.39, 0.29) is 24.0 Å². The second-order valence-corrected chi connectivity index (χ2v) is 6.13. The average Bonchev–Trinajstić information content (AvgIpc) is 3.31. The second kappa shape index (κ2) is 7.92. The number of hydrogen-bond acceptors (Lipinski definition) is 5. The number of carbonyl (C=O) groups excluding carboxylic acids is 2. The maximum Gasteiger partial charge on any atom is 0.307 e.